The van der Waals surface area contributed by atoms with Crippen molar-refractivity contribution < 1.29 is 35.6 Å². The lowest BCUT2D eigenvalue weighted by Gasteiger charge is -2.42. The van der Waals surface area contributed by atoms with Crippen LogP contribution in [-0.4, -0.2) is 49.3 Å². The molecule has 3 aromatic carbocycles. The summed E-state index contributed by atoms with van der Waals surface area (Å²) in [5.74, 6) is -0.480. The van der Waals surface area contributed by atoms with Crippen LogP contribution in [-0.2, 0) is 19.9 Å². The molecule has 0 aliphatic heterocycles. The predicted octanol–water partition coefficient (Wildman–Crippen LogP) is 4.72. The zero-order valence-corrected chi connectivity index (χ0v) is 22.5. The Morgan fingerprint density at radius 1 is 0.897 bits per heavy atom. The van der Waals surface area contributed by atoms with E-state index in [2.05, 4.69) is 13.8 Å². The molecule has 4 atom stereocenters. The molecule has 4 unspecified atom stereocenters. The van der Waals surface area contributed by atoms with Crippen LogP contribution in [0.25, 0.3) is 0 Å². The summed E-state index contributed by atoms with van der Waals surface area (Å²) in [5.41, 5.74) is 0.368. The van der Waals surface area contributed by atoms with Crippen molar-refractivity contribution in [1.82, 2.24) is 4.72 Å². The van der Waals surface area contributed by atoms with Crippen LogP contribution in [0.15, 0.2) is 99.1 Å². The third-order valence-electron chi connectivity index (χ3n) is 6.38. The van der Waals surface area contributed by atoms with Crippen molar-refractivity contribution in [2.75, 3.05) is 11.4 Å². The van der Waals surface area contributed by atoms with Crippen LogP contribution < -0.4 is 13.8 Å². The van der Waals surface area contributed by atoms with E-state index < -0.39 is 50.2 Å². The summed E-state index contributed by atoms with van der Waals surface area (Å²) in [5, 5.41) is 11.5. The molecule has 4 rings (SSSR count). The van der Waals surface area contributed by atoms with E-state index in [0.717, 1.165) is 12.1 Å². The molecular formula is C26H28F3N3O5S2. The summed E-state index contributed by atoms with van der Waals surface area (Å²) >= 11 is 0. The van der Waals surface area contributed by atoms with E-state index >= 15 is 0 Å². The zero-order chi connectivity index (χ0) is 28.3. The molecule has 0 radical (unpaired) electrons. The predicted molar refractivity (Wildman–Crippen MR) is 141 cm³/mol. The van der Waals surface area contributed by atoms with Gasteiger partial charge in [0.2, 0.25) is 0 Å². The Labute approximate surface area is 225 Å². The van der Waals surface area contributed by atoms with Crippen molar-refractivity contribution in [1.29, 1.82) is 0 Å². The molecule has 0 bridgehead atoms. The van der Waals surface area contributed by atoms with Gasteiger partial charge in [-0.15, -0.1) is 13.2 Å². The van der Waals surface area contributed by atoms with Gasteiger partial charge >= 0.3 is 6.36 Å². The summed E-state index contributed by atoms with van der Waals surface area (Å²) in [6, 6.07) is 19.0. The molecule has 2 N–H and O–H groups in total. The summed E-state index contributed by atoms with van der Waals surface area (Å²) in [4.78, 5) is 0.148. The monoisotopic (exact) mass is 583 g/mol. The Bertz CT molecular complexity index is 1480. The number of halogens is 3. The normalized spacial score (nSPS) is 21.5. The first kappa shape index (κ1) is 28.9. The summed E-state index contributed by atoms with van der Waals surface area (Å²) in [6.07, 6.45) is -4.94. The number of ether oxygens (including phenoxy) is 1. The lowest BCUT2D eigenvalue weighted by molar-refractivity contribution is -0.274. The van der Waals surface area contributed by atoms with Gasteiger partial charge in [0.1, 0.15) is 15.7 Å². The molecule has 1 saturated carbocycles. The standard InChI is InChI=1S/C26H28F3N3O5S2/c1-30-38(34,21-17-15-20(16-18-21)37-26(27,28)29)31-23-13-8-14-24(25(23)33)32(19-9-4-2-5-10-19)39(35,36)22-11-6-3-7-12-22/h2-7,9-12,15-18,23-25,33H,8,13-14H2,1H3,(H,30,31,34). The number of sulfonamides is 1. The van der Waals surface area contributed by atoms with E-state index in [9.17, 15) is 30.9 Å². The van der Waals surface area contributed by atoms with Crippen molar-refractivity contribution in [2.24, 2.45) is 4.36 Å². The fourth-order valence-electron chi connectivity index (χ4n) is 4.59. The van der Waals surface area contributed by atoms with Gasteiger partial charge in [0.05, 0.1) is 27.6 Å². The van der Waals surface area contributed by atoms with E-state index in [-0.39, 0.29) is 9.79 Å². The summed E-state index contributed by atoms with van der Waals surface area (Å²) in [7, 11) is -6.19. The minimum atomic E-state index is -4.87. The van der Waals surface area contributed by atoms with Crippen LogP contribution in [0.3, 0.4) is 0 Å². The molecule has 0 spiro atoms. The fourth-order valence-corrected chi connectivity index (χ4v) is 7.93. The number of nitrogens with one attached hydrogen (secondary N) is 1. The second-order valence-electron chi connectivity index (χ2n) is 8.89. The van der Waals surface area contributed by atoms with Gasteiger partial charge in [-0.1, -0.05) is 36.4 Å². The molecule has 0 heterocycles. The van der Waals surface area contributed by atoms with Crippen LogP contribution in [0.2, 0.25) is 0 Å². The van der Waals surface area contributed by atoms with E-state index in [4.69, 9.17) is 0 Å². The highest BCUT2D eigenvalue weighted by Gasteiger charge is 2.42. The average Bonchev–Trinajstić information content (AvgIpc) is 2.91. The number of hydrogen-bond acceptors (Lipinski definition) is 6. The average molecular weight is 584 g/mol. The molecule has 39 heavy (non-hydrogen) atoms. The maximum atomic E-state index is 13.8. The van der Waals surface area contributed by atoms with Crippen LogP contribution in [0, 0.1) is 0 Å². The molecule has 8 nitrogen and oxygen atoms in total. The van der Waals surface area contributed by atoms with Crippen LogP contribution in [0.4, 0.5) is 18.9 Å². The first-order valence-corrected chi connectivity index (χ1v) is 15.0. The van der Waals surface area contributed by atoms with Gasteiger partial charge < -0.3 is 9.84 Å². The number of hydrogen-bond donors (Lipinski definition) is 2. The third kappa shape index (κ3) is 6.55. The van der Waals surface area contributed by atoms with E-state index in [1.165, 1.54) is 35.6 Å². The van der Waals surface area contributed by atoms with Gasteiger partial charge in [0, 0.05) is 13.1 Å². The Kier molecular flexibility index (Phi) is 8.54. The molecule has 1 fully saturated rings. The van der Waals surface area contributed by atoms with Crippen LogP contribution in [0.1, 0.15) is 19.3 Å². The number of aliphatic hydroxyl groups is 1. The Hall–Kier alpha value is -3.13. The first-order valence-electron chi connectivity index (χ1n) is 12.1. The Morgan fingerprint density at radius 3 is 2.05 bits per heavy atom. The number of rotatable bonds is 8. The van der Waals surface area contributed by atoms with Crippen molar-refractivity contribution in [3.63, 3.8) is 0 Å². The number of para-hydroxylation sites is 1. The Morgan fingerprint density at radius 2 is 1.49 bits per heavy atom. The molecule has 0 saturated heterocycles. The van der Waals surface area contributed by atoms with Gasteiger partial charge in [-0.3, -0.25) is 4.31 Å². The number of aliphatic hydroxyl groups excluding tert-OH is 1. The number of benzene rings is 3. The molecule has 13 heteroatoms. The molecular weight excluding hydrogens is 555 g/mol. The van der Waals surface area contributed by atoms with Gasteiger partial charge in [-0.05, 0) is 67.8 Å². The molecule has 1 aliphatic rings. The van der Waals surface area contributed by atoms with Crippen molar-refractivity contribution in [3.8, 4) is 5.75 Å². The number of nitrogens with zero attached hydrogens (tertiary/aromatic N) is 2. The lowest BCUT2D eigenvalue weighted by atomic mass is 9.88. The fraction of sp³-hybridized carbons (Fsp3) is 0.308. The second-order valence-corrected chi connectivity index (χ2v) is 12.8. The minimum absolute atomic E-state index is 0.0599. The topological polar surface area (TPSA) is 108 Å². The lowest BCUT2D eigenvalue weighted by Crippen LogP contribution is -2.58. The molecule has 0 aromatic heterocycles. The second kappa shape index (κ2) is 11.5. The first-order chi connectivity index (χ1) is 18.4. The Balaban J connectivity index is 1.64. The largest absolute Gasteiger partial charge is 0.573 e. The highest BCUT2D eigenvalue weighted by Crippen LogP contribution is 2.34. The van der Waals surface area contributed by atoms with Crippen LogP contribution >= 0.6 is 0 Å². The van der Waals surface area contributed by atoms with Gasteiger partial charge in [-0.2, -0.15) is 0 Å². The molecule has 210 valence electrons. The number of anilines is 1. The summed E-state index contributed by atoms with van der Waals surface area (Å²) < 4.78 is 90.8. The minimum Gasteiger partial charge on any atom is -0.406 e. The van der Waals surface area contributed by atoms with Crippen molar-refractivity contribution in [2.45, 2.75) is 53.6 Å². The molecule has 0 amide bonds. The van der Waals surface area contributed by atoms with E-state index in [1.807, 2.05) is 0 Å². The summed E-state index contributed by atoms with van der Waals surface area (Å²) in [6.45, 7) is 0. The van der Waals surface area contributed by atoms with Gasteiger partial charge in [-0.25, -0.2) is 21.7 Å². The van der Waals surface area contributed by atoms with Crippen molar-refractivity contribution in [3.05, 3.63) is 84.9 Å². The maximum Gasteiger partial charge on any atom is 0.573 e. The van der Waals surface area contributed by atoms with E-state index in [0.29, 0.717) is 24.9 Å². The smallest absolute Gasteiger partial charge is 0.406 e. The number of alkyl halides is 3. The zero-order valence-electron chi connectivity index (χ0n) is 20.9. The SMILES string of the molecule is CN=S(=O)(NC1CCCC(N(c2ccccc2)S(=O)(=O)c2ccccc2)C1O)c1ccc(OC(F)(F)F)cc1. The quantitative estimate of drug-likeness (QED) is 0.399. The van der Waals surface area contributed by atoms with Crippen LogP contribution in [0.5, 0.6) is 5.75 Å². The highest BCUT2D eigenvalue weighted by atomic mass is 32.2. The molecule has 1 aliphatic carbocycles. The maximum absolute atomic E-state index is 13.8. The van der Waals surface area contributed by atoms with Crippen molar-refractivity contribution >= 4 is 25.6 Å². The molecule has 3 aromatic rings. The van der Waals surface area contributed by atoms with Gasteiger partial charge in [0.15, 0.2) is 0 Å². The van der Waals surface area contributed by atoms with Gasteiger partial charge in [0.25, 0.3) is 10.0 Å². The third-order valence-corrected chi connectivity index (χ3v) is 10.3. The highest BCUT2D eigenvalue weighted by molar-refractivity contribution is 7.93. The van der Waals surface area contributed by atoms with E-state index in [1.54, 1.807) is 48.5 Å².